The van der Waals surface area contributed by atoms with Gasteiger partial charge in [0.15, 0.2) is 11.6 Å². The third kappa shape index (κ3) is 4.59. The Bertz CT molecular complexity index is 2040. The monoisotopic (exact) mass is 680 g/mol. The molecule has 9 nitrogen and oxygen atoms in total. The van der Waals surface area contributed by atoms with Crippen LogP contribution in [-0.2, 0) is 4.74 Å². The van der Waals surface area contributed by atoms with Crippen molar-refractivity contribution in [3.63, 3.8) is 0 Å². The number of benzene rings is 2. The molecular weight excluding hydrogens is 653 g/mol. The lowest BCUT2D eigenvalue weighted by Gasteiger charge is -2.33. The molecule has 0 bridgehead atoms. The number of alkyl halides is 1. The van der Waals surface area contributed by atoms with Gasteiger partial charge >= 0.3 is 6.01 Å². The number of hydrogen-bond acceptors (Lipinski definition) is 10. The summed E-state index contributed by atoms with van der Waals surface area (Å²) in [5.74, 6) is 1.69. The predicted octanol–water partition coefficient (Wildman–Crippen LogP) is 5.84. The maximum Gasteiger partial charge on any atom is 0.319 e. The zero-order chi connectivity index (χ0) is 32.6. The first kappa shape index (κ1) is 30.3. The number of hydrogen-bond donors (Lipinski definition) is 1. The second-order valence-corrected chi connectivity index (χ2v) is 13.8. The highest BCUT2D eigenvalue weighted by Crippen LogP contribution is 2.51. The molecule has 2 aromatic heterocycles. The van der Waals surface area contributed by atoms with Gasteiger partial charge < -0.3 is 24.8 Å². The molecule has 4 aliphatic rings. The van der Waals surface area contributed by atoms with Gasteiger partial charge in [0.05, 0.1) is 38.9 Å². The lowest BCUT2D eigenvalue weighted by atomic mass is 9.95. The fraction of sp³-hybridized carbons (Fsp3) is 0.424. The summed E-state index contributed by atoms with van der Waals surface area (Å²) in [6.07, 6.45) is 7.72. The summed E-state index contributed by atoms with van der Waals surface area (Å²) in [6, 6.07) is 3.61. The van der Waals surface area contributed by atoms with Crippen LogP contribution in [-0.4, -0.2) is 78.2 Å². The van der Waals surface area contributed by atoms with Crippen molar-refractivity contribution >= 4 is 54.7 Å². The van der Waals surface area contributed by atoms with Crippen LogP contribution in [0, 0.1) is 35.3 Å². The van der Waals surface area contributed by atoms with Crippen molar-refractivity contribution in [2.24, 2.45) is 0 Å². The summed E-state index contributed by atoms with van der Waals surface area (Å²) < 4.78 is 65.0. The number of nitrogens with two attached hydrogens (primary N) is 1. The number of nitriles is 1. The van der Waals surface area contributed by atoms with Crippen LogP contribution < -0.4 is 20.1 Å². The van der Waals surface area contributed by atoms with Gasteiger partial charge in [0, 0.05) is 30.5 Å². The van der Waals surface area contributed by atoms with Gasteiger partial charge in [0.25, 0.3) is 0 Å². The maximum absolute atomic E-state index is 17.2. The van der Waals surface area contributed by atoms with Crippen LogP contribution in [0.3, 0.4) is 0 Å². The number of halogens is 4. The van der Waals surface area contributed by atoms with Crippen molar-refractivity contribution in [2.75, 3.05) is 50.2 Å². The number of nitrogen functional groups attached to an aromatic ring is 1. The smallest absolute Gasteiger partial charge is 0.319 e. The van der Waals surface area contributed by atoms with Gasteiger partial charge in [-0.2, -0.15) is 15.2 Å². The van der Waals surface area contributed by atoms with E-state index < -0.39 is 29.4 Å². The lowest BCUT2D eigenvalue weighted by Crippen LogP contribution is -2.46. The zero-order valence-electron chi connectivity index (χ0n) is 25.0. The lowest BCUT2D eigenvalue weighted by molar-refractivity contribution is 0.107. The number of terminal acetylenes is 1. The maximum atomic E-state index is 17.2. The van der Waals surface area contributed by atoms with E-state index in [0.29, 0.717) is 32.6 Å². The first-order chi connectivity index (χ1) is 22.7. The summed E-state index contributed by atoms with van der Waals surface area (Å²) >= 11 is 7.91. The van der Waals surface area contributed by atoms with E-state index in [-0.39, 0.29) is 84.5 Å². The zero-order valence-corrected chi connectivity index (χ0v) is 26.6. The summed E-state index contributed by atoms with van der Waals surface area (Å²) in [7, 11) is 0. The molecule has 0 spiro atoms. The largest absolute Gasteiger partial charge is 0.488 e. The fourth-order valence-corrected chi connectivity index (χ4v) is 8.99. The minimum absolute atomic E-state index is 0.0108. The van der Waals surface area contributed by atoms with Crippen LogP contribution in [0.2, 0.25) is 5.02 Å². The van der Waals surface area contributed by atoms with Gasteiger partial charge in [0.1, 0.15) is 53.6 Å². The SMILES string of the molecule is C#C[C@H]1COc2c(Cl)c(-c3ccc(F)c4sc(N)c(C#N)c34)c(F)c3nc(OC[C@@]45CCCN4C[C@H](F)C5)nc(c23)N1C1CCOC1. The van der Waals surface area contributed by atoms with Crippen molar-refractivity contribution in [3.8, 4) is 41.3 Å². The second kappa shape index (κ2) is 11.3. The molecule has 3 fully saturated rings. The molecule has 8 rings (SSSR count). The van der Waals surface area contributed by atoms with E-state index >= 15 is 4.39 Å². The Morgan fingerprint density at radius 2 is 2.11 bits per heavy atom. The van der Waals surface area contributed by atoms with Crippen LogP contribution in [0.1, 0.15) is 31.2 Å². The molecule has 2 aromatic carbocycles. The number of anilines is 2. The first-order valence-corrected chi connectivity index (χ1v) is 16.5. The number of nitrogens with zero attached hydrogens (tertiary/aromatic N) is 5. The van der Waals surface area contributed by atoms with Crippen LogP contribution in [0.4, 0.5) is 24.0 Å². The summed E-state index contributed by atoms with van der Waals surface area (Å²) in [6.45, 7) is 2.09. The Morgan fingerprint density at radius 3 is 2.87 bits per heavy atom. The molecule has 14 heteroatoms. The van der Waals surface area contributed by atoms with Crippen molar-refractivity contribution < 1.29 is 27.4 Å². The molecule has 242 valence electrons. The quantitative estimate of drug-likeness (QED) is 0.260. The van der Waals surface area contributed by atoms with E-state index in [2.05, 4.69) is 15.8 Å². The molecule has 6 heterocycles. The minimum Gasteiger partial charge on any atom is -0.488 e. The topological polar surface area (TPSA) is 110 Å². The van der Waals surface area contributed by atoms with Gasteiger partial charge in [-0.1, -0.05) is 23.6 Å². The van der Waals surface area contributed by atoms with Gasteiger partial charge in [-0.25, -0.2) is 13.2 Å². The molecule has 0 radical (unpaired) electrons. The molecule has 1 unspecified atom stereocenters. The van der Waals surface area contributed by atoms with E-state index in [1.165, 1.54) is 12.1 Å². The number of rotatable bonds is 5. The molecule has 2 N–H and O–H groups in total. The van der Waals surface area contributed by atoms with Gasteiger partial charge in [-0.15, -0.1) is 17.8 Å². The standard InChI is InChI=1S/C33H28ClF3N6O3S/c1-2-17-14-45-28-24-27(26(37)23(25(28)34)19-4-5-21(36)29-22(19)20(11-38)30(39)47-29)40-32(41-31(24)43(17)18-6-9-44-13-18)46-15-33-7-3-8-42(33)12-16(35)10-33/h1,4-5,16-18H,3,6-10,12-15,39H2/t16-,17+,18?,33+/m1/s1. The molecular formula is C33H28ClF3N6O3S. The Hall–Kier alpha value is -4.01. The van der Waals surface area contributed by atoms with Crippen molar-refractivity contribution in [3.05, 3.63) is 34.4 Å². The predicted molar refractivity (Wildman–Crippen MR) is 173 cm³/mol. The Balaban J connectivity index is 1.37. The molecule has 0 saturated carbocycles. The highest BCUT2D eigenvalue weighted by molar-refractivity contribution is 7.23. The average Bonchev–Trinajstić information content (AvgIpc) is 3.82. The third-order valence-corrected chi connectivity index (χ3v) is 11.2. The Kier molecular flexibility index (Phi) is 7.30. The Morgan fingerprint density at radius 1 is 1.26 bits per heavy atom. The molecule has 3 saturated heterocycles. The third-order valence-electron chi connectivity index (χ3n) is 9.83. The van der Waals surface area contributed by atoms with Crippen molar-refractivity contribution in [2.45, 2.75) is 49.5 Å². The van der Waals surface area contributed by atoms with Gasteiger partial charge in [-0.05, 0) is 37.4 Å². The first-order valence-electron chi connectivity index (χ1n) is 15.3. The summed E-state index contributed by atoms with van der Waals surface area (Å²) in [5, 5.41) is 10.2. The van der Waals surface area contributed by atoms with Crippen molar-refractivity contribution in [1.82, 2.24) is 14.9 Å². The van der Waals surface area contributed by atoms with E-state index in [1.54, 1.807) is 0 Å². The molecule has 0 amide bonds. The summed E-state index contributed by atoms with van der Waals surface area (Å²) in [5.41, 5.74) is 5.44. The number of ether oxygens (including phenoxy) is 3. The van der Waals surface area contributed by atoms with E-state index in [9.17, 15) is 14.0 Å². The van der Waals surface area contributed by atoms with E-state index in [1.807, 2.05) is 11.0 Å². The highest BCUT2D eigenvalue weighted by Gasteiger charge is 2.49. The molecule has 4 atom stereocenters. The second-order valence-electron chi connectivity index (χ2n) is 12.4. The summed E-state index contributed by atoms with van der Waals surface area (Å²) in [4.78, 5) is 13.4. The number of aromatic nitrogens is 2. The van der Waals surface area contributed by atoms with Gasteiger partial charge in [0.2, 0.25) is 0 Å². The average molecular weight is 681 g/mol. The van der Waals surface area contributed by atoms with Crippen LogP contribution in [0.25, 0.3) is 32.1 Å². The number of thiophene rings is 1. The molecule has 4 aromatic rings. The molecule has 0 aliphatic carbocycles. The van der Waals surface area contributed by atoms with Crippen LogP contribution >= 0.6 is 22.9 Å². The van der Waals surface area contributed by atoms with E-state index in [0.717, 1.165) is 30.7 Å². The molecule has 47 heavy (non-hydrogen) atoms. The van der Waals surface area contributed by atoms with Crippen molar-refractivity contribution in [1.29, 1.82) is 5.26 Å². The highest BCUT2D eigenvalue weighted by atomic mass is 35.5. The van der Waals surface area contributed by atoms with E-state index in [4.69, 9.17) is 43.0 Å². The van der Waals surface area contributed by atoms with Crippen LogP contribution in [0.15, 0.2) is 12.1 Å². The fourth-order valence-electron chi connectivity index (χ4n) is 7.70. The normalized spacial score (nSPS) is 25.5. The van der Waals surface area contributed by atoms with Gasteiger partial charge in [-0.3, -0.25) is 4.90 Å². The number of fused-ring (bicyclic) bond motifs is 2. The van der Waals surface area contributed by atoms with Crippen LogP contribution in [0.5, 0.6) is 11.8 Å². The minimum atomic E-state index is -0.964. The Labute approximate surface area is 277 Å². The molecule has 4 aliphatic heterocycles.